The summed E-state index contributed by atoms with van der Waals surface area (Å²) in [5.41, 5.74) is 2.51. The third-order valence-electron chi connectivity index (χ3n) is 5.67. The van der Waals surface area contributed by atoms with Crippen LogP contribution in [0.15, 0.2) is 41.7 Å². The maximum Gasteiger partial charge on any atom is 0.191 e. The van der Waals surface area contributed by atoms with Crippen molar-refractivity contribution in [2.75, 3.05) is 32.7 Å². The van der Waals surface area contributed by atoms with Crippen LogP contribution in [0.2, 0.25) is 0 Å². The normalized spacial score (nSPS) is 15.7. The minimum atomic E-state index is 0.679. The molecule has 2 heterocycles. The molecule has 1 fully saturated rings. The van der Waals surface area contributed by atoms with Crippen LogP contribution in [0, 0.1) is 6.92 Å². The topological polar surface area (TPSA) is 57.5 Å². The van der Waals surface area contributed by atoms with E-state index in [-0.39, 0.29) is 0 Å². The van der Waals surface area contributed by atoms with Crippen molar-refractivity contribution in [1.82, 2.24) is 25.1 Å². The Morgan fingerprint density at radius 2 is 1.90 bits per heavy atom. The predicted octanol–water partition coefficient (Wildman–Crippen LogP) is 3.56. The van der Waals surface area contributed by atoms with Crippen molar-refractivity contribution in [1.29, 1.82) is 0 Å². The van der Waals surface area contributed by atoms with Crippen LogP contribution in [0.4, 0.5) is 0 Å². The average Bonchev–Trinajstić information content (AvgIpc) is 2.99. The van der Waals surface area contributed by atoms with Crippen molar-refractivity contribution in [2.45, 2.75) is 59.0 Å². The van der Waals surface area contributed by atoms with E-state index in [9.17, 15) is 0 Å². The minimum absolute atomic E-state index is 0.679. The first-order valence-electron chi connectivity index (χ1n) is 11.5. The highest BCUT2D eigenvalue weighted by atomic mass is 15.2. The summed E-state index contributed by atoms with van der Waals surface area (Å²) in [5.74, 6) is 1.95. The van der Waals surface area contributed by atoms with E-state index >= 15 is 0 Å². The molecule has 1 aliphatic heterocycles. The van der Waals surface area contributed by atoms with Gasteiger partial charge in [0.05, 0.1) is 6.54 Å². The molecule has 0 saturated carbocycles. The Labute approximate surface area is 181 Å². The molecule has 1 aliphatic rings. The third kappa shape index (κ3) is 7.48. The SMILES string of the molecule is CCNC(=NCc1cccc(Cn2ccnc2C)c1)NCCCN1CCCCCC1. The van der Waals surface area contributed by atoms with Gasteiger partial charge in [0.15, 0.2) is 5.96 Å². The van der Waals surface area contributed by atoms with Gasteiger partial charge >= 0.3 is 0 Å². The van der Waals surface area contributed by atoms with Crippen molar-refractivity contribution in [3.05, 3.63) is 53.6 Å². The van der Waals surface area contributed by atoms with Gasteiger partial charge in [-0.15, -0.1) is 0 Å². The Kier molecular flexibility index (Phi) is 9.22. The molecule has 2 N–H and O–H groups in total. The molecule has 6 nitrogen and oxygen atoms in total. The van der Waals surface area contributed by atoms with Gasteiger partial charge < -0.3 is 20.1 Å². The number of guanidine groups is 1. The van der Waals surface area contributed by atoms with Crippen molar-refractivity contribution >= 4 is 5.96 Å². The highest BCUT2D eigenvalue weighted by Crippen LogP contribution is 2.11. The zero-order valence-corrected chi connectivity index (χ0v) is 18.7. The Hall–Kier alpha value is -2.34. The molecule has 1 aromatic carbocycles. The molecule has 1 aromatic heterocycles. The Balaban J connectivity index is 1.47. The first-order chi connectivity index (χ1) is 14.7. The van der Waals surface area contributed by atoms with E-state index in [4.69, 9.17) is 4.99 Å². The molecule has 0 atom stereocenters. The van der Waals surface area contributed by atoms with Crippen LogP contribution in [0.5, 0.6) is 0 Å². The molecule has 0 unspecified atom stereocenters. The van der Waals surface area contributed by atoms with Crippen LogP contribution in [0.1, 0.15) is 56.0 Å². The molecule has 3 rings (SSSR count). The number of nitrogens with one attached hydrogen (secondary N) is 2. The second kappa shape index (κ2) is 12.4. The lowest BCUT2D eigenvalue weighted by atomic mass is 10.1. The highest BCUT2D eigenvalue weighted by Gasteiger charge is 2.08. The zero-order chi connectivity index (χ0) is 21.0. The molecule has 0 bridgehead atoms. The van der Waals surface area contributed by atoms with Crippen LogP contribution in [0.25, 0.3) is 0 Å². The van der Waals surface area contributed by atoms with Crippen molar-refractivity contribution in [3.63, 3.8) is 0 Å². The van der Waals surface area contributed by atoms with E-state index < -0.39 is 0 Å². The van der Waals surface area contributed by atoms with Gasteiger partial charge in [0.2, 0.25) is 0 Å². The molecule has 1 saturated heterocycles. The summed E-state index contributed by atoms with van der Waals surface area (Å²) in [7, 11) is 0. The fourth-order valence-corrected chi connectivity index (χ4v) is 3.98. The van der Waals surface area contributed by atoms with Gasteiger partial charge in [-0.1, -0.05) is 37.1 Å². The standard InChI is InChI=1S/C24H38N6/c1-3-25-24(27-12-9-16-29-14-6-4-5-7-15-29)28-19-22-10-8-11-23(18-22)20-30-17-13-26-21(30)2/h8,10-11,13,17-18H,3-7,9,12,14-16,19-20H2,1-2H3,(H2,25,27,28). The molecule has 6 heteroatoms. The fourth-order valence-electron chi connectivity index (χ4n) is 3.98. The second-order valence-electron chi connectivity index (χ2n) is 8.15. The molecular formula is C24H38N6. The zero-order valence-electron chi connectivity index (χ0n) is 18.7. The van der Waals surface area contributed by atoms with Crippen molar-refractivity contribution < 1.29 is 0 Å². The van der Waals surface area contributed by atoms with Crippen LogP contribution >= 0.6 is 0 Å². The summed E-state index contributed by atoms with van der Waals surface area (Å²) in [6, 6.07) is 8.68. The molecule has 0 spiro atoms. The average molecular weight is 411 g/mol. The van der Waals surface area contributed by atoms with Gasteiger partial charge in [0.25, 0.3) is 0 Å². The quantitative estimate of drug-likeness (QED) is 0.377. The van der Waals surface area contributed by atoms with Crippen LogP contribution in [0.3, 0.4) is 0 Å². The number of aryl methyl sites for hydroxylation is 1. The van der Waals surface area contributed by atoms with Gasteiger partial charge in [-0.3, -0.25) is 0 Å². The number of aliphatic imine (C=N–C) groups is 1. The Morgan fingerprint density at radius 1 is 1.10 bits per heavy atom. The number of hydrogen-bond acceptors (Lipinski definition) is 3. The summed E-state index contributed by atoms with van der Waals surface area (Å²) < 4.78 is 2.16. The lowest BCUT2D eigenvalue weighted by Gasteiger charge is -2.20. The summed E-state index contributed by atoms with van der Waals surface area (Å²) in [6.45, 7) is 11.2. The van der Waals surface area contributed by atoms with Gasteiger partial charge in [-0.05, 0) is 63.9 Å². The van der Waals surface area contributed by atoms with Crippen LogP contribution < -0.4 is 10.6 Å². The lowest BCUT2D eigenvalue weighted by Crippen LogP contribution is -2.39. The number of nitrogens with zero attached hydrogens (tertiary/aromatic N) is 4. The molecule has 0 aliphatic carbocycles. The molecule has 2 aromatic rings. The summed E-state index contributed by atoms with van der Waals surface area (Å²) in [6.07, 6.45) is 10.5. The van der Waals surface area contributed by atoms with E-state index in [0.717, 1.165) is 37.8 Å². The van der Waals surface area contributed by atoms with Gasteiger partial charge in [0.1, 0.15) is 5.82 Å². The van der Waals surface area contributed by atoms with Gasteiger partial charge in [0, 0.05) is 32.0 Å². The van der Waals surface area contributed by atoms with Gasteiger partial charge in [-0.25, -0.2) is 9.98 Å². The molecule has 164 valence electrons. The van der Waals surface area contributed by atoms with Crippen molar-refractivity contribution in [3.8, 4) is 0 Å². The first-order valence-corrected chi connectivity index (χ1v) is 11.5. The first kappa shape index (κ1) is 22.3. The number of benzene rings is 1. The van der Waals surface area contributed by atoms with Crippen LogP contribution in [-0.2, 0) is 13.1 Å². The van der Waals surface area contributed by atoms with Crippen molar-refractivity contribution in [2.24, 2.45) is 4.99 Å². The third-order valence-corrected chi connectivity index (χ3v) is 5.67. The lowest BCUT2D eigenvalue weighted by molar-refractivity contribution is 0.282. The Morgan fingerprint density at radius 3 is 2.63 bits per heavy atom. The van der Waals surface area contributed by atoms with E-state index in [1.54, 1.807) is 0 Å². The highest BCUT2D eigenvalue weighted by molar-refractivity contribution is 5.79. The molecule has 30 heavy (non-hydrogen) atoms. The number of likely N-dealkylation sites (tertiary alicyclic amines) is 1. The minimum Gasteiger partial charge on any atom is -0.357 e. The predicted molar refractivity (Wildman–Crippen MR) is 125 cm³/mol. The van der Waals surface area contributed by atoms with Crippen LogP contribution in [-0.4, -0.2) is 53.1 Å². The Bertz CT molecular complexity index is 774. The number of aromatic nitrogens is 2. The van der Waals surface area contributed by atoms with E-state index in [0.29, 0.717) is 6.54 Å². The molecular weight excluding hydrogens is 372 g/mol. The number of imidazole rings is 1. The molecule has 0 amide bonds. The second-order valence-corrected chi connectivity index (χ2v) is 8.15. The summed E-state index contributed by atoms with van der Waals surface area (Å²) >= 11 is 0. The summed E-state index contributed by atoms with van der Waals surface area (Å²) in [5, 5.41) is 6.88. The number of hydrogen-bond donors (Lipinski definition) is 2. The van der Waals surface area contributed by atoms with Gasteiger partial charge in [-0.2, -0.15) is 0 Å². The van der Waals surface area contributed by atoms with E-state index in [1.807, 2.05) is 19.3 Å². The van der Waals surface area contributed by atoms with E-state index in [1.165, 1.54) is 56.4 Å². The maximum absolute atomic E-state index is 4.80. The van der Waals surface area contributed by atoms with E-state index in [2.05, 4.69) is 56.3 Å². The molecule has 0 radical (unpaired) electrons. The largest absolute Gasteiger partial charge is 0.357 e. The number of rotatable bonds is 9. The fraction of sp³-hybridized carbons (Fsp3) is 0.583. The monoisotopic (exact) mass is 410 g/mol. The smallest absolute Gasteiger partial charge is 0.191 e. The summed E-state index contributed by atoms with van der Waals surface area (Å²) in [4.78, 5) is 11.7. The maximum atomic E-state index is 4.80.